The molecule has 0 saturated heterocycles. The Morgan fingerprint density at radius 3 is 2.54 bits per heavy atom. The Morgan fingerprint density at radius 2 is 1.89 bits per heavy atom. The van der Waals surface area contributed by atoms with Crippen LogP contribution in [0.1, 0.15) is 17.5 Å². The molecular formula is C20H26IN5O2. The molecule has 7 nitrogen and oxygen atoms in total. The summed E-state index contributed by atoms with van der Waals surface area (Å²) < 4.78 is 11.1. The Hall–Kier alpha value is -2.33. The van der Waals surface area contributed by atoms with E-state index in [2.05, 4.69) is 25.5 Å². The first kappa shape index (κ1) is 22.0. The maximum absolute atomic E-state index is 5.56. The van der Waals surface area contributed by atoms with Crippen molar-refractivity contribution in [1.29, 1.82) is 0 Å². The fraction of sp³-hybridized carbons (Fsp3) is 0.300. The number of aromatic nitrogens is 1. The quantitative estimate of drug-likeness (QED) is 0.297. The summed E-state index contributed by atoms with van der Waals surface area (Å²) in [5, 5.41) is 6.58. The Balaban J connectivity index is 0.00000280. The maximum atomic E-state index is 5.56. The van der Waals surface area contributed by atoms with Gasteiger partial charge in [-0.2, -0.15) is 0 Å². The first-order valence-electron chi connectivity index (χ1n) is 8.81. The van der Waals surface area contributed by atoms with Crippen LogP contribution in [0, 0.1) is 0 Å². The van der Waals surface area contributed by atoms with E-state index in [0.29, 0.717) is 24.9 Å². The SMILES string of the molecule is CN=C(NCc1coc(-c2ccccc2)n1)NCC(c1ccco1)N(C)C.I. The zero-order valence-electron chi connectivity index (χ0n) is 16.3. The minimum absolute atomic E-state index is 0. The van der Waals surface area contributed by atoms with E-state index in [1.165, 1.54) is 0 Å². The lowest BCUT2D eigenvalue weighted by molar-refractivity contribution is 0.258. The molecule has 0 fully saturated rings. The molecule has 1 aromatic carbocycles. The van der Waals surface area contributed by atoms with Gasteiger partial charge in [0.1, 0.15) is 12.0 Å². The van der Waals surface area contributed by atoms with Crippen LogP contribution in [0.2, 0.25) is 0 Å². The molecule has 3 aromatic rings. The number of guanidine groups is 1. The molecule has 2 aromatic heterocycles. The highest BCUT2D eigenvalue weighted by Gasteiger charge is 2.17. The van der Waals surface area contributed by atoms with Gasteiger partial charge in [-0.15, -0.1) is 24.0 Å². The highest BCUT2D eigenvalue weighted by atomic mass is 127. The topological polar surface area (TPSA) is 78.8 Å². The monoisotopic (exact) mass is 495 g/mol. The number of rotatable bonds is 7. The second-order valence-corrected chi connectivity index (χ2v) is 6.31. The highest BCUT2D eigenvalue weighted by Crippen LogP contribution is 2.18. The molecule has 1 unspecified atom stereocenters. The largest absolute Gasteiger partial charge is 0.468 e. The van der Waals surface area contributed by atoms with Crippen LogP contribution in [0.15, 0.2) is 68.8 Å². The van der Waals surface area contributed by atoms with E-state index in [9.17, 15) is 0 Å². The van der Waals surface area contributed by atoms with E-state index in [4.69, 9.17) is 8.83 Å². The van der Waals surface area contributed by atoms with Gasteiger partial charge in [-0.05, 0) is 38.4 Å². The molecule has 8 heteroatoms. The summed E-state index contributed by atoms with van der Waals surface area (Å²) in [5.41, 5.74) is 1.77. The van der Waals surface area contributed by atoms with E-state index in [0.717, 1.165) is 17.0 Å². The predicted molar refractivity (Wildman–Crippen MR) is 121 cm³/mol. The van der Waals surface area contributed by atoms with Crippen LogP contribution < -0.4 is 10.6 Å². The predicted octanol–water partition coefficient (Wildman–Crippen LogP) is 3.52. The number of benzene rings is 1. The van der Waals surface area contributed by atoms with E-state index >= 15 is 0 Å². The van der Waals surface area contributed by atoms with Gasteiger partial charge in [-0.1, -0.05) is 18.2 Å². The van der Waals surface area contributed by atoms with Crippen molar-refractivity contribution in [2.24, 2.45) is 4.99 Å². The number of likely N-dealkylation sites (N-methyl/N-ethyl adjacent to an activating group) is 1. The Bertz CT molecular complexity index is 847. The van der Waals surface area contributed by atoms with Gasteiger partial charge < -0.3 is 19.5 Å². The maximum Gasteiger partial charge on any atom is 0.226 e. The summed E-state index contributed by atoms with van der Waals surface area (Å²) in [7, 11) is 5.78. The van der Waals surface area contributed by atoms with Crippen molar-refractivity contribution in [3.8, 4) is 11.5 Å². The molecular weight excluding hydrogens is 469 g/mol. The summed E-state index contributed by atoms with van der Waals surface area (Å²) >= 11 is 0. The minimum Gasteiger partial charge on any atom is -0.468 e. The van der Waals surface area contributed by atoms with Gasteiger partial charge in [0, 0.05) is 19.2 Å². The summed E-state index contributed by atoms with van der Waals surface area (Å²) in [5.74, 6) is 2.21. The molecule has 0 aliphatic heterocycles. The van der Waals surface area contributed by atoms with Gasteiger partial charge >= 0.3 is 0 Å². The lowest BCUT2D eigenvalue weighted by atomic mass is 10.2. The first-order chi connectivity index (χ1) is 13.2. The highest BCUT2D eigenvalue weighted by molar-refractivity contribution is 14.0. The van der Waals surface area contributed by atoms with E-state index < -0.39 is 0 Å². The second kappa shape index (κ2) is 10.9. The lowest BCUT2D eigenvalue weighted by Gasteiger charge is -2.23. The number of aliphatic imine (C=N–C) groups is 1. The first-order valence-corrected chi connectivity index (χ1v) is 8.81. The van der Waals surface area contributed by atoms with Crippen LogP contribution in [0.5, 0.6) is 0 Å². The third-order valence-corrected chi connectivity index (χ3v) is 4.19. The number of hydrogen-bond donors (Lipinski definition) is 2. The zero-order valence-corrected chi connectivity index (χ0v) is 18.6. The Kier molecular flexibility index (Phi) is 8.52. The number of hydrogen-bond acceptors (Lipinski definition) is 5. The molecule has 3 rings (SSSR count). The van der Waals surface area contributed by atoms with Crippen molar-refractivity contribution in [2.45, 2.75) is 12.6 Å². The summed E-state index contributed by atoms with van der Waals surface area (Å²) in [6.07, 6.45) is 3.35. The molecule has 2 heterocycles. The molecule has 28 heavy (non-hydrogen) atoms. The average molecular weight is 495 g/mol. The third kappa shape index (κ3) is 5.83. The van der Waals surface area contributed by atoms with Crippen LogP contribution in [0.4, 0.5) is 0 Å². The van der Waals surface area contributed by atoms with Gasteiger partial charge in [0.2, 0.25) is 5.89 Å². The van der Waals surface area contributed by atoms with Crippen molar-refractivity contribution in [1.82, 2.24) is 20.5 Å². The van der Waals surface area contributed by atoms with Crippen LogP contribution in [0.3, 0.4) is 0 Å². The smallest absolute Gasteiger partial charge is 0.226 e. The van der Waals surface area contributed by atoms with E-state index in [1.807, 2.05) is 56.6 Å². The number of halogens is 1. The number of furan rings is 1. The van der Waals surface area contributed by atoms with Gasteiger partial charge in [0.15, 0.2) is 5.96 Å². The van der Waals surface area contributed by atoms with E-state index in [1.54, 1.807) is 19.6 Å². The third-order valence-electron chi connectivity index (χ3n) is 4.19. The average Bonchev–Trinajstić information content (AvgIpc) is 3.37. The van der Waals surface area contributed by atoms with Crippen molar-refractivity contribution < 1.29 is 8.83 Å². The number of oxazole rings is 1. The summed E-state index contributed by atoms with van der Waals surface area (Å²) in [4.78, 5) is 10.9. The molecule has 0 saturated carbocycles. The fourth-order valence-electron chi connectivity index (χ4n) is 2.71. The number of nitrogens with zero attached hydrogens (tertiary/aromatic N) is 3. The van der Waals surface area contributed by atoms with Gasteiger partial charge in [0.05, 0.1) is 24.5 Å². The van der Waals surface area contributed by atoms with Gasteiger partial charge in [-0.3, -0.25) is 9.89 Å². The lowest BCUT2D eigenvalue weighted by Crippen LogP contribution is -2.41. The zero-order chi connectivity index (χ0) is 19.1. The fourth-order valence-corrected chi connectivity index (χ4v) is 2.71. The van der Waals surface area contributed by atoms with Crippen molar-refractivity contribution in [3.63, 3.8) is 0 Å². The molecule has 0 aliphatic rings. The molecule has 2 N–H and O–H groups in total. The van der Waals surface area contributed by atoms with Crippen LogP contribution in [-0.4, -0.2) is 43.5 Å². The molecule has 1 atom stereocenters. The number of nitrogens with one attached hydrogen (secondary N) is 2. The van der Waals surface area contributed by atoms with Crippen molar-refractivity contribution in [2.75, 3.05) is 27.7 Å². The van der Waals surface area contributed by atoms with Gasteiger partial charge in [-0.25, -0.2) is 4.98 Å². The van der Waals surface area contributed by atoms with Crippen molar-refractivity contribution >= 4 is 29.9 Å². The molecule has 150 valence electrons. The second-order valence-electron chi connectivity index (χ2n) is 6.31. The summed E-state index contributed by atoms with van der Waals surface area (Å²) in [6, 6.07) is 13.8. The molecule has 0 bridgehead atoms. The Morgan fingerprint density at radius 1 is 1.11 bits per heavy atom. The standard InChI is InChI=1S/C20H25N5O2.HI/c1-21-20(23-13-17(25(2)3)18-10-7-11-26-18)22-12-16-14-27-19(24-16)15-8-5-4-6-9-15;/h4-11,14,17H,12-13H2,1-3H3,(H2,21,22,23);1H. The molecule has 0 spiro atoms. The summed E-state index contributed by atoms with van der Waals surface area (Å²) in [6.45, 7) is 1.18. The minimum atomic E-state index is 0. The van der Waals surface area contributed by atoms with E-state index in [-0.39, 0.29) is 30.0 Å². The Labute approximate surface area is 182 Å². The normalized spacial score (nSPS) is 12.5. The van der Waals surface area contributed by atoms with Gasteiger partial charge in [0.25, 0.3) is 0 Å². The molecule has 0 radical (unpaired) electrons. The van der Waals surface area contributed by atoms with Crippen LogP contribution >= 0.6 is 24.0 Å². The van der Waals surface area contributed by atoms with Crippen LogP contribution in [0.25, 0.3) is 11.5 Å². The molecule has 0 amide bonds. The van der Waals surface area contributed by atoms with Crippen LogP contribution in [-0.2, 0) is 6.54 Å². The molecule has 0 aliphatic carbocycles. The van der Waals surface area contributed by atoms with Crippen molar-refractivity contribution in [3.05, 3.63) is 66.4 Å².